The lowest BCUT2D eigenvalue weighted by Gasteiger charge is -2.19. The van der Waals surface area contributed by atoms with Crippen LogP contribution >= 0.6 is 58.2 Å². The van der Waals surface area contributed by atoms with Gasteiger partial charge in [-0.15, -0.1) is 0 Å². The van der Waals surface area contributed by atoms with Crippen LogP contribution in [0.4, 0.5) is 4.79 Å². The lowest BCUT2D eigenvalue weighted by molar-refractivity contribution is -0.124. The molecule has 0 aromatic heterocycles. The lowest BCUT2D eigenvalue weighted by atomic mass is 10.2. The number of thioether (sulfide) groups is 1. The number of amides is 2. The molecule has 1 aliphatic heterocycles. The van der Waals surface area contributed by atoms with Crippen LogP contribution in [-0.2, 0) is 11.4 Å². The summed E-state index contributed by atoms with van der Waals surface area (Å²) >= 11 is 25.7. The molecule has 9 heteroatoms. The number of nitrogens with zero attached hydrogens (tertiary/aromatic N) is 1. The van der Waals surface area contributed by atoms with Crippen molar-refractivity contribution in [3.05, 3.63) is 66.5 Å². The van der Waals surface area contributed by atoms with Crippen molar-refractivity contribution in [2.24, 2.45) is 0 Å². The Morgan fingerprint density at radius 2 is 1.73 bits per heavy atom. The van der Waals surface area contributed by atoms with Gasteiger partial charge in [-0.2, -0.15) is 0 Å². The van der Waals surface area contributed by atoms with E-state index >= 15 is 0 Å². The Balaban J connectivity index is 1.80. The molecule has 158 valence electrons. The Hall–Kier alpha value is -1.37. The quantitative estimate of drug-likeness (QED) is 0.378. The standard InChI is InChI=1S/C21H17Cl4NO3S/c1-3-11(2)26-20(27)18(30-21(26)28)8-12-6-16(24)19(17(25)7-12)29-10-13-4-5-14(22)9-15(13)23/h4-9,11H,3,10H2,1-2H3/b18-8+/t11-/m1/s1. The summed E-state index contributed by atoms with van der Waals surface area (Å²) in [6, 6.07) is 8.19. The second-order valence-corrected chi connectivity index (χ2v) is 9.30. The summed E-state index contributed by atoms with van der Waals surface area (Å²) in [6.45, 7) is 3.92. The van der Waals surface area contributed by atoms with Crippen molar-refractivity contribution in [3.63, 3.8) is 0 Å². The summed E-state index contributed by atoms with van der Waals surface area (Å²) < 4.78 is 5.75. The normalized spacial score (nSPS) is 16.5. The smallest absolute Gasteiger partial charge is 0.293 e. The maximum Gasteiger partial charge on any atom is 0.293 e. The number of carbonyl (C=O) groups is 2. The highest BCUT2D eigenvalue weighted by Crippen LogP contribution is 2.38. The molecule has 2 amide bonds. The van der Waals surface area contributed by atoms with Crippen LogP contribution in [0.5, 0.6) is 5.75 Å². The fourth-order valence-electron chi connectivity index (χ4n) is 2.78. The Morgan fingerprint density at radius 1 is 1.07 bits per heavy atom. The average Bonchev–Trinajstić information content (AvgIpc) is 2.95. The topological polar surface area (TPSA) is 46.6 Å². The van der Waals surface area contributed by atoms with Crippen LogP contribution in [0.2, 0.25) is 20.1 Å². The van der Waals surface area contributed by atoms with Crippen LogP contribution in [-0.4, -0.2) is 22.1 Å². The SMILES string of the molecule is CC[C@@H](C)N1C(=O)S/C(=C/c2cc(Cl)c(OCc3ccc(Cl)cc3Cl)c(Cl)c2)C1=O. The molecule has 0 spiro atoms. The predicted molar refractivity (Wildman–Crippen MR) is 125 cm³/mol. The molecule has 3 rings (SSSR count). The van der Waals surface area contributed by atoms with Gasteiger partial charge in [-0.25, -0.2) is 0 Å². The molecule has 0 N–H and O–H groups in total. The van der Waals surface area contributed by atoms with Gasteiger partial charge in [-0.1, -0.05) is 59.4 Å². The minimum Gasteiger partial charge on any atom is -0.486 e. The fraction of sp³-hybridized carbons (Fsp3) is 0.238. The van der Waals surface area contributed by atoms with Gasteiger partial charge in [-0.3, -0.25) is 14.5 Å². The van der Waals surface area contributed by atoms with E-state index < -0.39 is 0 Å². The molecule has 0 radical (unpaired) electrons. The maximum atomic E-state index is 12.6. The molecule has 1 saturated heterocycles. The van der Waals surface area contributed by atoms with E-state index in [1.165, 1.54) is 4.90 Å². The molecule has 1 heterocycles. The van der Waals surface area contributed by atoms with Crippen molar-refractivity contribution in [1.82, 2.24) is 4.90 Å². The van der Waals surface area contributed by atoms with Gasteiger partial charge in [0.15, 0.2) is 5.75 Å². The van der Waals surface area contributed by atoms with Crippen molar-refractivity contribution < 1.29 is 14.3 Å². The first kappa shape index (κ1) is 23.3. The average molecular weight is 505 g/mol. The number of imide groups is 1. The molecule has 0 bridgehead atoms. The highest BCUT2D eigenvalue weighted by molar-refractivity contribution is 8.18. The highest BCUT2D eigenvalue weighted by atomic mass is 35.5. The van der Waals surface area contributed by atoms with Crippen LogP contribution in [0.15, 0.2) is 35.2 Å². The molecule has 0 unspecified atom stereocenters. The third-order valence-electron chi connectivity index (χ3n) is 4.56. The van der Waals surface area contributed by atoms with E-state index in [4.69, 9.17) is 51.1 Å². The first-order valence-corrected chi connectivity index (χ1v) is 11.4. The number of halogens is 4. The number of benzene rings is 2. The van der Waals surface area contributed by atoms with Gasteiger partial charge in [0.1, 0.15) is 6.61 Å². The van der Waals surface area contributed by atoms with Crippen molar-refractivity contribution in [2.75, 3.05) is 0 Å². The van der Waals surface area contributed by atoms with Crippen molar-refractivity contribution in [1.29, 1.82) is 0 Å². The molecule has 4 nitrogen and oxygen atoms in total. The molecule has 2 aromatic carbocycles. The molecule has 0 saturated carbocycles. The Labute approximate surface area is 199 Å². The third-order valence-corrected chi connectivity index (χ3v) is 6.59. The van der Waals surface area contributed by atoms with Gasteiger partial charge in [0, 0.05) is 21.7 Å². The molecule has 1 fully saturated rings. The number of rotatable bonds is 6. The van der Waals surface area contributed by atoms with E-state index in [2.05, 4.69) is 0 Å². The van der Waals surface area contributed by atoms with Crippen molar-refractivity contribution in [3.8, 4) is 5.75 Å². The summed E-state index contributed by atoms with van der Waals surface area (Å²) in [5.74, 6) is -0.0153. The Kier molecular flexibility index (Phi) is 7.64. The summed E-state index contributed by atoms with van der Waals surface area (Å²) in [6.07, 6.45) is 2.29. The number of carbonyl (C=O) groups excluding carboxylic acids is 2. The summed E-state index contributed by atoms with van der Waals surface area (Å²) in [7, 11) is 0. The van der Waals surface area contributed by atoms with E-state index in [-0.39, 0.29) is 33.8 Å². The third kappa shape index (κ3) is 5.09. The number of hydrogen-bond donors (Lipinski definition) is 0. The van der Waals surface area contributed by atoms with Crippen molar-refractivity contribution in [2.45, 2.75) is 32.9 Å². The molecule has 2 aromatic rings. The van der Waals surface area contributed by atoms with Gasteiger partial charge < -0.3 is 4.74 Å². The first-order chi connectivity index (χ1) is 14.2. The van der Waals surface area contributed by atoms with E-state index in [0.29, 0.717) is 32.7 Å². The molecule has 1 atom stereocenters. The van der Waals surface area contributed by atoms with Gasteiger partial charge in [0.2, 0.25) is 0 Å². The van der Waals surface area contributed by atoms with Crippen LogP contribution in [0, 0.1) is 0 Å². The number of ether oxygens (including phenoxy) is 1. The summed E-state index contributed by atoms with van der Waals surface area (Å²) in [4.78, 5) is 26.4. The van der Waals surface area contributed by atoms with Crippen LogP contribution in [0.25, 0.3) is 6.08 Å². The minimum atomic E-state index is -0.315. The number of hydrogen-bond acceptors (Lipinski definition) is 4. The zero-order valence-corrected chi connectivity index (χ0v) is 19.9. The van der Waals surface area contributed by atoms with E-state index in [0.717, 1.165) is 17.3 Å². The molecular weight excluding hydrogens is 488 g/mol. The van der Waals surface area contributed by atoms with Gasteiger partial charge in [-0.05, 0) is 61.0 Å². The lowest BCUT2D eigenvalue weighted by Crippen LogP contribution is -2.36. The summed E-state index contributed by atoms with van der Waals surface area (Å²) in [5, 5.41) is 1.28. The Morgan fingerprint density at radius 3 is 2.33 bits per heavy atom. The van der Waals surface area contributed by atoms with Crippen molar-refractivity contribution >= 4 is 75.4 Å². The monoisotopic (exact) mass is 503 g/mol. The maximum absolute atomic E-state index is 12.6. The molecule has 0 aliphatic carbocycles. The van der Waals surface area contributed by atoms with Crippen LogP contribution < -0.4 is 4.74 Å². The molecule has 30 heavy (non-hydrogen) atoms. The van der Waals surface area contributed by atoms with E-state index in [1.807, 2.05) is 13.8 Å². The van der Waals surface area contributed by atoms with Crippen LogP contribution in [0.3, 0.4) is 0 Å². The zero-order valence-electron chi connectivity index (χ0n) is 16.0. The van der Waals surface area contributed by atoms with E-state index in [9.17, 15) is 9.59 Å². The van der Waals surface area contributed by atoms with Gasteiger partial charge >= 0.3 is 0 Å². The fourth-order valence-corrected chi connectivity index (χ4v) is 4.79. The van der Waals surface area contributed by atoms with Gasteiger partial charge in [0.05, 0.1) is 15.0 Å². The van der Waals surface area contributed by atoms with Gasteiger partial charge in [0.25, 0.3) is 11.1 Å². The van der Waals surface area contributed by atoms with E-state index in [1.54, 1.807) is 36.4 Å². The molecular formula is C21H17Cl4NO3S. The first-order valence-electron chi connectivity index (χ1n) is 9.04. The largest absolute Gasteiger partial charge is 0.486 e. The summed E-state index contributed by atoms with van der Waals surface area (Å²) in [5.41, 5.74) is 1.33. The minimum absolute atomic E-state index is 0.155. The predicted octanol–water partition coefficient (Wildman–Crippen LogP) is 7.71. The van der Waals surface area contributed by atoms with Crippen LogP contribution in [0.1, 0.15) is 31.4 Å². The molecule has 1 aliphatic rings. The second kappa shape index (κ2) is 9.84. The zero-order chi connectivity index (χ0) is 22.0. The second-order valence-electron chi connectivity index (χ2n) is 6.65. The highest BCUT2D eigenvalue weighted by Gasteiger charge is 2.37. The Bertz CT molecular complexity index is 1020.